The molecule has 8 heteroatoms. The summed E-state index contributed by atoms with van der Waals surface area (Å²) in [6.07, 6.45) is 0.861. The molecule has 0 unspecified atom stereocenters. The quantitative estimate of drug-likeness (QED) is 0.685. The number of benzene rings is 2. The second kappa shape index (κ2) is 9.78. The number of carbonyl (C=O) groups excluding carboxylic acids is 1. The van der Waals surface area contributed by atoms with E-state index < -0.39 is 0 Å². The monoisotopic (exact) mass is 422 g/mol. The Morgan fingerprint density at radius 2 is 1.82 bits per heavy atom. The summed E-state index contributed by atoms with van der Waals surface area (Å²) in [4.78, 5) is 19.2. The van der Waals surface area contributed by atoms with Gasteiger partial charge in [-0.05, 0) is 30.7 Å². The van der Waals surface area contributed by atoms with Gasteiger partial charge in [0.1, 0.15) is 24.7 Å². The van der Waals surface area contributed by atoms with Gasteiger partial charge in [0.05, 0.1) is 11.0 Å². The van der Waals surface area contributed by atoms with E-state index in [1.165, 1.54) is 0 Å². The first kappa shape index (κ1) is 22.0. The third-order valence-electron chi connectivity index (χ3n) is 4.72. The number of ether oxygens (including phenoxy) is 1. The van der Waals surface area contributed by atoms with Gasteiger partial charge in [0, 0.05) is 19.1 Å². The van der Waals surface area contributed by atoms with Crippen LogP contribution in [0.5, 0.6) is 5.75 Å². The fraction of sp³-hybridized carbons (Fsp3) is 0.300. The fourth-order valence-corrected chi connectivity index (χ4v) is 3.33. The number of carbonyl (C=O) groups is 1. The summed E-state index contributed by atoms with van der Waals surface area (Å²) in [6.45, 7) is 1.91. The van der Waals surface area contributed by atoms with Gasteiger partial charge in [-0.3, -0.25) is 4.79 Å². The summed E-state index contributed by atoms with van der Waals surface area (Å²) in [5, 5.41) is 0. The standard InChI is InChI=1S/C20H22N4O2.2ClH/c21-15-10-11-23(12-15)20(25)13-24-18-9-5-4-8-17(18)22-19(24)14-26-16-6-2-1-3-7-16;;/h1-9,15H,10-14,21H2;2*1H/t15-;;/m1../s1. The number of nitrogens with two attached hydrogens (primary N) is 1. The minimum atomic E-state index is 0. The van der Waals surface area contributed by atoms with Gasteiger partial charge in [-0.25, -0.2) is 4.98 Å². The Kier molecular flexibility index (Phi) is 7.69. The zero-order valence-corrected chi connectivity index (χ0v) is 17.0. The number of likely N-dealkylation sites (tertiary alicyclic amines) is 1. The third kappa shape index (κ3) is 4.76. The number of aromatic nitrogens is 2. The maximum absolute atomic E-state index is 12.7. The zero-order chi connectivity index (χ0) is 17.9. The van der Waals surface area contributed by atoms with Crippen LogP contribution in [0.2, 0.25) is 0 Å². The molecule has 1 saturated heterocycles. The van der Waals surface area contributed by atoms with Gasteiger partial charge in [0.25, 0.3) is 0 Å². The Morgan fingerprint density at radius 1 is 1.11 bits per heavy atom. The van der Waals surface area contributed by atoms with Crippen LogP contribution in [-0.4, -0.2) is 39.5 Å². The number of rotatable bonds is 5. The van der Waals surface area contributed by atoms with Crippen molar-refractivity contribution in [1.82, 2.24) is 14.5 Å². The van der Waals surface area contributed by atoms with Crippen molar-refractivity contribution in [3.63, 3.8) is 0 Å². The summed E-state index contributed by atoms with van der Waals surface area (Å²) in [7, 11) is 0. The zero-order valence-electron chi connectivity index (χ0n) is 15.4. The fourth-order valence-electron chi connectivity index (χ4n) is 3.33. The van der Waals surface area contributed by atoms with Crippen molar-refractivity contribution in [2.24, 2.45) is 5.73 Å². The van der Waals surface area contributed by atoms with E-state index in [1.54, 1.807) is 0 Å². The van der Waals surface area contributed by atoms with E-state index in [1.807, 2.05) is 64.1 Å². The van der Waals surface area contributed by atoms with E-state index in [0.29, 0.717) is 13.2 Å². The molecule has 2 heterocycles. The highest BCUT2D eigenvalue weighted by Crippen LogP contribution is 2.19. The molecule has 28 heavy (non-hydrogen) atoms. The summed E-state index contributed by atoms with van der Waals surface area (Å²) in [5.41, 5.74) is 7.74. The highest BCUT2D eigenvalue weighted by molar-refractivity contribution is 5.85. The van der Waals surface area contributed by atoms with Crippen LogP contribution in [0.15, 0.2) is 54.6 Å². The number of hydrogen-bond acceptors (Lipinski definition) is 4. The largest absolute Gasteiger partial charge is 0.486 e. The summed E-state index contributed by atoms with van der Waals surface area (Å²) in [6, 6.07) is 17.5. The van der Waals surface area contributed by atoms with Crippen LogP contribution < -0.4 is 10.5 Å². The lowest BCUT2D eigenvalue weighted by Crippen LogP contribution is -2.34. The molecule has 1 fully saturated rings. The van der Waals surface area contributed by atoms with Crippen LogP contribution in [0.4, 0.5) is 0 Å². The smallest absolute Gasteiger partial charge is 0.242 e. The number of hydrogen-bond donors (Lipinski definition) is 1. The van der Waals surface area contributed by atoms with Crippen molar-refractivity contribution in [2.45, 2.75) is 25.6 Å². The molecule has 0 radical (unpaired) electrons. The normalized spacial score (nSPS) is 15.8. The van der Waals surface area contributed by atoms with Crippen molar-refractivity contribution in [3.8, 4) is 5.75 Å². The van der Waals surface area contributed by atoms with Crippen LogP contribution in [0.3, 0.4) is 0 Å². The first-order valence-electron chi connectivity index (χ1n) is 8.86. The second-order valence-corrected chi connectivity index (χ2v) is 6.59. The van der Waals surface area contributed by atoms with Crippen LogP contribution >= 0.6 is 24.8 Å². The van der Waals surface area contributed by atoms with Gasteiger partial charge in [-0.2, -0.15) is 0 Å². The van der Waals surface area contributed by atoms with E-state index in [4.69, 9.17) is 10.5 Å². The van der Waals surface area contributed by atoms with Gasteiger partial charge in [-0.15, -0.1) is 24.8 Å². The molecule has 2 aromatic carbocycles. The summed E-state index contributed by atoms with van der Waals surface area (Å²) < 4.78 is 7.81. The topological polar surface area (TPSA) is 73.4 Å². The minimum absolute atomic E-state index is 0. The molecule has 150 valence electrons. The third-order valence-corrected chi connectivity index (χ3v) is 4.72. The minimum Gasteiger partial charge on any atom is -0.486 e. The van der Waals surface area contributed by atoms with E-state index in [2.05, 4.69) is 4.98 Å². The number of para-hydroxylation sites is 3. The highest BCUT2D eigenvalue weighted by Gasteiger charge is 2.25. The average molecular weight is 423 g/mol. The second-order valence-electron chi connectivity index (χ2n) is 6.59. The molecule has 1 aliphatic heterocycles. The van der Waals surface area contributed by atoms with Crippen molar-refractivity contribution in [2.75, 3.05) is 13.1 Å². The van der Waals surface area contributed by atoms with Gasteiger partial charge >= 0.3 is 0 Å². The van der Waals surface area contributed by atoms with Crippen LogP contribution in [-0.2, 0) is 17.9 Å². The molecule has 1 atom stereocenters. The highest BCUT2D eigenvalue weighted by atomic mass is 35.5. The van der Waals surface area contributed by atoms with Crippen molar-refractivity contribution in [3.05, 3.63) is 60.4 Å². The Balaban J connectivity index is 0.00000140. The lowest BCUT2D eigenvalue weighted by atomic mass is 10.3. The molecule has 0 aliphatic carbocycles. The Labute approximate surface area is 176 Å². The first-order valence-corrected chi connectivity index (χ1v) is 8.86. The Hall–Kier alpha value is -2.28. The molecule has 2 N–H and O–H groups in total. The van der Waals surface area contributed by atoms with Crippen LogP contribution in [0.1, 0.15) is 12.2 Å². The molecule has 1 aliphatic rings. The molecule has 0 bridgehead atoms. The predicted octanol–water partition coefficient (Wildman–Crippen LogP) is 3.02. The van der Waals surface area contributed by atoms with Crippen molar-refractivity contribution < 1.29 is 9.53 Å². The molecule has 1 amide bonds. The van der Waals surface area contributed by atoms with Gasteiger partial charge in [-0.1, -0.05) is 30.3 Å². The van der Waals surface area contributed by atoms with Crippen LogP contribution in [0.25, 0.3) is 11.0 Å². The summed E-state index contributed by atoms with van der Waals surface area (Å²) >= 11 is 0. The molecular formula is C20H24Cl2N4O2. The number of fused-ring (bicyclic) bond motifs is 1. The van der Waals surface area contributed by atoms with Crippen LogP contribution in [0, 0.1) is 0 Å². The molecule has 3 aromatic rings. The molecule has 4 rings (SSSR count). The number of amides is 1. The van der Waals surface area contributed by atoms with E-state index in [-0.39, 0.29) is 43.3 Å². The SMILES string of the molecule is Cl.Cl.N[C@@H]1CCN(C(=O)Cn2c(COc3ccccc3)nc3ccccc32)C1. The number of imidazole rings is 1. The van der Waals surface area contributed by atoms with Gasteiger partial charge < -0.3 is 19.9 Å². The maximum Gasteiger partial charge on any atom is 0.242 e. The first-order chi connectivity index (χ1) is 12.7. The lowest BCUT2D eigenvalue weighted by Gasteiger charge is -2.17. The Bertz CT molecular complexity index is 917. The van der Waals surface area contributed by atoms with Crippen molar-refractivity contribution in [1.29, 1.82) is 0 Å². The summed E-state index contributed by atoms with van der Waals surface area (Å²) in [5.74, 6) is 1.59. The van der Waals surface area contributed by atoms with Gasteiger partial charge in [0.15, 0.2) is 0 Å². The molecule has 1 aromatic heterocycles. The van der Waals surface area contributed by atoms with Gasteiger partial charge in [0.2, 0.25) is 5.91 Å². The van der Waals surface area contributed by atoms with E-state index in [9.17, 15) is 4.79 Å². The van der Waals surface area contributed by atoms with E-state index >= 15 is 0 Å². The average Bonchev–Trinajstić information content (AvgIpc) is 3.25. The maximum atomic E-state index is 12.7. The molecular weight excluding hydrogens is 399 g/mol. The molecule has 0 spiro atoms. The predicted molar refractivity (Wildman–Crippen MR) is 114 cm³/mol. The lowest BCUT2D eigenvalue weighted by molar-refractivity contribution is -0.130. The molecule has 0 saturated carbocycles. The van der Waals surface area contributed by atoms with E-state index in [0.717, 1.165) is 35.6 Å². The molecule has 6 nitrogen and oxygen atoms in total. The van der Waals surface area contributed by atoms with Crippen molar-refractivity contribution >= 4 is 41.8 Å². The number of nitrogens with zero attached hydrogens (tertiary/aromatic N) is 3. The number of halogens is 2. The Morgan fingerprint density at radius 3 is 2.54 bits per heavy atom.